The highest BCUT2D eigenvalue weighted by Crippen LogP contribution is 2.21. The van der Waals surface area contributed by atoms with Gasteiger partial charge in [-0.1, -0.05) is 30.3 Å². The Bertz CT molecular complexity index is 525. The van der Waals surface area contributed by atoms with E-state index in [1.54, 1.807) is 11.4 Å². The van der Waals surface area contributed by atoms with Gasteiger partial charge in [-0.15, -0.1) is 0 Å². The van der Waals surface area contributed by atoms with Crippen molar-refractivity contribution in [3.8, 4) is 0 Å². The fraction of sp³-hybridized carbons (Fsp3) is 0.600. The number of nitrogens with one attached hydrogen (secondary N) is 1. The van der Waals surface area contributed by atoms with E-state index in [1.807, 2.05) is 37.4 Å². The van der Waals surface area contributed by atoms with Gasteiger partial charge in [0.2, 0.25) is 0 Å². The molecule has 1 aromatic carbocycles. The summed E-state index contributed by atoms with van der Waals surface area (Å²) in [6, 6.07) is 9.69. The third-order valence-electron chi connectivity index (χ3n) is 4.03. The Hall–Kier alpha value is -0.950. The van der Waals surface area contributed by atoms with Crippen LogP contribution in [-0.4, -0.2) is 50.8 Å². The standard InChI is InChI=1S/C15H25N3O2S/c1-16-12-14-8-10-18(11-9-14)21(19,20)17(2)13-15-6-4-3-5-7-15/h3-7,14,16H,8-13H2,1-2H3. The highest BCUT2D eigenvalue weighted by Gasteiger charge is 2.30. The molecule has 6 heteroatoms. The van der Waals surface area contributed by atoms with Crippen molar-refractivity contribution in [3.05, 3.63) is 35.9 Å². The Morgan fingerprint density at radius 1 is 1.24 bits per heavy atom. The van der Waals surface area contributed by atoms with Crippen LogP contribution in [0.5, 0.6) is 0 Å². The van der Waals surface area contributed by atoms with E-state index in [2.05, 4.69) is 5.32 Å². The minimum absolute atomic E-state index is 0.416. The van der Waals surface area contributed by atoms with E-state index < -0.39 is 10.2 Å². The quantitative estimate of drug-likeness (QED) is 0.861. The summed E-state index contributed by atoms with van der Waals surface area (Å²) >= 11 is 0. The third-order valence-corrected chi connectivity index (χ3v) is 5.97. The number of rotatable bonds is 6. The zero-order valence-electron chi connectivity index (χ0n) is 12.8. The van der Waals surface area contributed by atoms with Gasteiger partial charge in [0.15, 0.2) is 0 Å². The van der Waals surface area contributed by atoms with Gasteiger partial charge in [-0.25, -0.2) is 0 Å². The number of hydrogen-bond acceptors (Lipinski definition) is 3. The second kappa shape index (κ2) is 7.35. The van der Waals surface area contributed by atoms with E-state index >= 15 is 0 Å². The summed E-state index contributed by atoms with van der Waals surface area (Å²) in [7, 11) is 0.244. The van der Waals surface area contributed by atoms with Crippen LogP contribution in [0.1, 0.15) is 18.4 Å². The molecule has 2 rings (SSSR count). The highest BCUT2D eigenvalue weighted by molar-refractivity contribution is 7.86. The molecule has 0 saturated carbocycles. The van der Waals surface area contributed by atoms with Gasteiger partial charge in [0.1, 0.15) is 0 Å². The molecule has 1 aliphatic rings. The lowest BCUT2D eigenvalue weighted by Crippen LogP contribution is -2.46. The van der Waals surface area contributed by atoms with Crippen LogP contribution >= 0.6 is 0 Å². The van der Waals surface area contributed by atoms with Gasteiger partial charge in [0, 0.05) is 26.7 Å². The summed E-state index contributed by atoms with van der Waals surface area (Å²) in [5.41, 5.74) is 1.01. The molecule has 0 radical (unpaired) electrons. The van der Waals surface area contributed by atoms with Crippen LogP contribution in [0.2, 0.25) is 0 Å². The third kappa shape index (κ3) is 4.26. The first-order valence-electron chi connectivity index (χ1n) is 7.44. The predicted molar refractivity (Wildman–Crippen MR) is 85.1 cm³/mol. The smallest absolute Gasteiger partial charge is 0.282 e. The molecule has 1 N–H and O–H groups in total. The van der Waals surface area contributed by atoms with E-state index in [-0.39, 0.29) is 0 Å². The van der Waals surface area contributed by atoms with Gasteiger partial charge in [-0.2, -0.15) is 17.0 Å². The van der Waals surface area contributed by atoms with Gasteiger partial charge in [0.05, 0.1) is 0 Å². The normalized spacial score (nSPS) is 18.2. The Morgan fingerprint density at radius 3 is 2.43 bits per heavy atom. The zero-order valence-corrected chi connectivity index (χ0v) is 13.6. The van der Waals surface area contributed by atoms with Crippen molar-refractivity contribution in [3.63, 3.8) is 0 Å². The molecule has 0 spiro atoms. The van der Waals surface area contributed by atoms with E-state index in [0.29, 0.717) is 25.6 Å². The van der Waals surface area contributed by atoms with Crippen LogP contribution in [0.4, 0.5) is 0 Å². The Labute approximate surface area is 128 Å². The molecule has 1 heterocycles. The first-order chi connectivity index (χ1) is 10.0. The van der Waals surface area contributed by atoms with Crippen LogP contribution in [-0.2, 0) is 16.8 Å². The molecule has 1 fully saturated rings. The Kier molecular flexibility index (Phi) is 5.75. The molecule has 0 amide bonds. The van der Waals surface area contributed by atoms with Crippen LogP contribution in [0.3, 0.4) is 0 Å². The summed E-state index contributed by atoms with van der Waals surface area (Å²) < 4.78 is 28.2. The predicted octanol–water partition coefficient (Wildman–Crippen LogP) is 1.29. The van der Waals surface area contributed by atoms with Crippen molar-refractivity contribution in [2.24, 2.45) is 5.92 Å². The molecule has 0 atom stereocenters. The number of piperidine rings is 1. The largest absolute Gasteiger partial charge is 0.319 e. The van der Waals surface area contributed by atoms with Gasteiger partial charge >= 0.3 is 0 Å². The number of hydrogen-bond donors (Lipinski definition) is 1. The summed E-state index contributed by atoms with van der Waals surface area (Å²) in [4.78, 5) is 0. The lowest BCUT2D eigenvalue weighted by atomic mass is 9.98. The van der Waals surface area contributed by atoms with Gasteiger partial charge in [-0.3, -0.25) is 0 Å². The van der Waals surface area contributed by atoms with E-state index in [1.165, 1.54) is 4.31 Å². The molecular weight excluding hydrogens is 286 g/mol. The molecule has 0 unspecified atom stereocenters. The minimum Gasteiger partial charge on any atom is -0.319 e. The van der Waals surface area contributed by atoms with E-state index in [9.17, 15) is 8.42 Å². The summed E-state index contributed by atoms with van der Waals surface area (Å²) in [5.74, 6) is 0.584. The van der Waals surface area contributed by atoms with Gasteiger partial charge in [0.25, 0.3) is 10.2 Å². The lowest BCUT2D eigenvalue weighted by molar-refractivity contribution is 0.255. The maximum absolute atomic E-state index is 12.6. The first-order valence-corrected chi connectivity index (χ1v) is 8.83. The van der Waals surface area contributed by atoms with Crippen LogP contribution in [0, 0.1) is 5.92 Å². The SMILES string of the molecule is CNCC1CCN(S(=O)(=O)N(C)Cc2ccccc2)CC1. The molecule has 0 aromatic heterocycles. The van der Waals surface area contributed by atoms with Crippen LogP contribution in [0.15, 0.2) is 30.3 Å². The fourth-order valence-corrected chi connectivity index (χ4v) is 4.13. The second-order valence-electron chi connectivity index (χ2n) is 5.65. The lowest BCUT2D eigenvalue weighted by Gasteiger charge is -2.33. The molecule has 1 saturated heterocycles. The summed E-state index contributed by atoms with van der Waals surface area (Å²) in [6.07, 6.45) is 1.86. The monoisotopic (exact) mass is 311 g/mol. The zero-order chi connectivity index (χ0) is 15.3. The first kappa shape index (κ1) is 16.4. The van der Waals surface area contributed by atoms with Crippen molar-refractivity contribution >= 4 is 10.2 Å². The van der Waals surface area contributed by atoms with Crippen molar-refractivity contribution in [2.75, 3.05) is 33.7 Å². The number of nitrogens with zero attached hydrogens (tertiary/aromatic N) is 2. The molecule has 118 valence electrons. The van der Waals surface area contributed by atoms with E-state index in [4.69, 9.17) is 0 Å². The average Bonchev–Trinajstić information content (AvgIpc) is 2.49. The highest BCUT2D eigenvalue weighted by atomic mass is 32.2. The van der Waals surface area contributed by atoms with Gasteiger partial charge in [-0.05, 0) is 37.9 Å². The molecule has 0 bridgehead atoms. The fourth-order valence-electron chi connectivity index (χ4n) is 2.75. The maximum atomic E-state index is 12.6. The summed E-state index contributed by atoms with van der Waals surface area (Å²) in [5, 5.41) is 3.17. The van der Waals surface area contributed by atoms with Crippen LogP contribution < -0.4 is 5.32 Å². The Morgan fingerprint density at radius 2 is 1.86 bits per heavy atom. The molecule has 5 nitrogen and oxygen atoms in total. The van der Waals surface area contributed by atoms with Crippen molar-refractivity contribution in [1.82, 2.24) is 13.9 Å². The molecular formula is C15H25N3O2S. The van der Waals surface area contributed by atoms with E-state index in [0.717, 1.165) is 24.9 Å². The second-order valence-corrected chi connectivity index (χ2v) is 7.68. The van der Waals surface area contributed by atoms with Gasteiger partial charge < -0.3 is 5.32 Å². The molecule has 0 aliphatic carbocycles. The Balaban J connectivity index is 1.95. The average molecular weight is 311 g/mol. The van der Waals surface area contributed by atoms with Crippen LogP contribution in [0.25, 0.3) is 0 Å². The number of benzene rings is 1. The maximum Gasteiger partial charge on any atom is 0.282 e. The van der Waals surface area contributed by atoms with Crippen molar-refractivity contribution in [1.29, 1.82) is 0 Å². The van der Waals surface area contributed by atoms with Crippen molar-refractivity contribution in [2.45, 2.75) is 19.4 Å². The van der Waals surface area contributed by atoms with Crippen molar-refractivity contribution < 1.29 is 8.42 Å². The molecule has 1 aliphatic heterocycles. The minimum atomic E-state index is -3.35. The molecule has 1 aromatic rings. The molecule has 21 heavy (non-hydrogen) atoms. The topological polar surface area (TPSA) is 52.7 Å². The summed E-state index contributed by atoms with van der Waals surface area (Å²) in [6.45, 7) is 2.62.